The molecule has 0 radical (unpaired) electrons. The van der Waals surface area contributed by atoms with Crippen molar-refractivity contribution in [1.82, 2.24) is 25.6 Å². The summed E-state index contributed by atoms with van der Waals surface area (Å²) in [7, 11) is 0. The van der Waals surface area contributed by atoms with Crippen LogP contribution in [0.15, 0.2) is 24.3 Å². The lowest BCUT2D eigenvalue weighted by Gasteiger charge is -2.14. The molecule has 2 unspecified atom stereocenters. The second-order valence-corrected chi connectivity index (χ2v) is 7.18. The van der Waals surface area contributed by atoms with Crippen LogP contribution in [-0.2, 0) is 4.74 Å². The molecule has 148 valence electrons. The van der Waals surface area contributed by atoms with Gasteiger partial charge in [-0.15, -0.1) is 0 Å². The van der Waals surface area contributed by atoms with Gasteiger partial charge in [0.05, 0.1) is 12.2 Å². The lowest BCUT2D eigenvalue weighted by Crippen LogP contribution is -2.16. The standard InChI is InChI=1S/C20H26N6O2/c1-2-28-19(27)13-3-5-16(6-4-13)23-20-25-17(14-7-9-21-11-14)24-18(26-20)15-8-10-22-12-15/h3-6,14-15,21-22H,2,7-12H2,1H3,(H,23,24,25,26). The van der Waals surface area contributed by atoms with Gasteiger partial charge in [0.15, 0.2) is 0 Å². The average Bonchev–Trinajstić information content (AvgIpc) is 3.43. The first-order valence-corrected chi connectivity index (χ1v) is 9.94. The Hall–Kier alpha value is -2.58. The minimum Gasteiger partial charge on any atom is -0.462 e. The Balaban J connectivity index is 1.56. The van der Waals surface area contributed by atoms with Gasteiger partial charge in [-0.1, -0.05) is 0 Å². The number of carbonyl (C=O) groups is 1. The first-order valence-electron chi connectivity index (χ1n) is 9.94. The van der Waals surface area contributed by atoms with Crippen LogP contribution in [-0.4, -0.2) is 53.7 Å². The lowest BCUT2D eigenvalue weighted by molar-refractivity contribution is 0.0526. The summed E-state index contributed by atoms with van der Waals surface area (Å²) >= 11 is 0. The maximum absolute atomic E-state index is 11.8. The van der Waals surface area contributed by atoms with E-state index >= 15 is 0 Å². The van der Waals surface area contributed by atoms with Gasteiger partial charge in [-0.25, -0.2) is 9.78 Å². The number of hydrogen-bond donors (Lipinski definition) is 3. The van der Waals surface area contributed by atoms with Crippen LogP contribution in [0.4, 0.5) is 11.6 Å². The third-order valence-corrected chi connectivity index (χ3v) is 5.17. The average molecular weight is 382 g/mol. The van der Waals surface area contributed by atoms with E-state index in [0.717, 1.165) is 56.4 Å². The smallest absolute Gasteiger partial charge is 0.338 e. The van der Waals surface area contributed by atoms with Crippen LogP contribution in [0.3, 0.4) is 0 Å². The largest absolute Gasteiger partial charge is 0.462 e. The van der Waals surface area contributed by atoms with E-state index in [4.69, 9.17) is 9.72 Å². The minimum atomic E-state index is -0.318. The maximum atomic E-state index is 11.8. The van der Waals surface area contributed by atoms with Gasteiger partial charge in [0.25, 0.3) is 0 Å². The lowest BCUT2D eigenvalue weighted by atomic mass is 10.1. The third kappa shape index (κ3) is 4.28. The molecular weight excluding hydrogens is 356 g/mol. The monoisotopic (exact) mass is 382 g/mol. The number of ether oxygens (including phenoxy) is 1. The molecule has 4 rings (SSSR count). The van der Waals surface area contributed by atoms with E-state index in [1.807, 2.05) is 12.1 Å². The van der Waals surface area contributed by atoms with Crippen molar-refractivity contribution in [3.63, 3.8) is 0 Å². The first-order chi connectivity index (χ1) is 13.7. The van der Waals surface area contributed by atoms with Gasteiger partial charge in [0.1, 0.15) is 11.6 Å². The highest BCUT2D eigenvalue weighted by atomic mass is 16.5. The number of nitrogens with zero attached hydrogens (tertiary/aromatic N) is 3. The molecule has 3 heterocycles. The Kier molecular flexibility index (Phi) is 5.78. The van der Waals surface area contributed by atoms with Crippen LogP contribution < -0.4 is 16.0 Å². The SMILES string of the molecule is CCOC(=O)c1ccc(Nc2nc(C3CCNC3)nc(C3CCNC3)n2)cc1. The van der Waals surface area contributed by atoms with Crippen LogP contribution in [0.2, 0.25) is 0 Å². The van der Waals surface area contributed by atoms with Gasteiger partial charge in [-0.3, -0.25) is 0 Å². The molecule has 2 aromatic rings. The quantitative estimate of drug-likeness (QED) is 0.652. The zero-order valence-electron chi connectivity index (χ0n) is 16.1. The third-order valence-electron chi connectivity index (χ3n) is 5.17. The Morgan fingerprint density at radius 3 is 2.14 bits per heavy atom. The van der Waals surface area contributed by atoms with E-state index in [1.165, 1.54) is 0 Å². The predicted octanol–water partition coefficient (Wildman–Crippen LogP) is 1.95. The van der Waals surface area contributed by atoms with Crippen LogP contribution >= 0.6 is 0 Å². The van der Waals surface area contributed by atoms with Crippen molar-refractivity contribution in [3.8, 4) is 0 Å². The molecule has 8 nitrogen and oxygen atoms in total. The summed E-state index contributed by atoms with van der Waals surface area (Å²) in [4.78, 5) is 26.0. The van der Waals surface area contributed by atoms with Crippen molar-refractivity contribution < 1.29 is 9.53 Å². The van der Waals surface area contributed by atoms with Gasteiger partial charge in [0.2, 0.25) is 5.95 Å². The maximum Gasteiger partial charge on any atom is 0.338 e. The summed E-state index contributed by atoms with van der Waals surface area (Å²) < 4.78 is 5.03. The fourth-order valence-electron chi connectivity index (χ4n) is 3.61. The molecule has 1 aromatic carbocycles. The van der Waals surface area contributed by atoms with E-state index in [0.29, 0.717) is 30.0 Å². The number of nitrogens with one attached hydrogen (secondary N) is 3. The molecule has 0 amide bonds. The fourth-order valence-corrected chi connectivity index (χ4v) is 3.61. The summed E-state index contributed by atoms with van der Waals surface area (Å²) in [5, 5.41) is 10.0. The zero-order valence-corrected chi connectivity index (χ0v) is 16.1. The second-order valence-electron chi connectivity index (χ2n) is 7.18. The molecule has 3 N–H and O–H groups in total. The number of aromatic nitrogens is 3. The van der Waals surface area contributed by atoms with E-state index in [9.17, 15) is 4.79 Å². The molecule has 2 saturated heterocycles. The van der Waals surface area contributed by atoms with Gasteiger partial charge in [0, 0.05) is 30.6 Å². The van der Waals surface area contributed by atoms with E-state index < -0.39 is 0 Å². The summed E-state index contributed by atoms with van der Waals surface area (Å²) in [5.74, 6) is 2.59. The fraction of sp³-hybridized carbons (Fsp3) is 0.500. The Morgan fingerprint density at radius 2 is 1.64 bits per heavy atom. The zero-order chi connectivity index (χ0) is 19.3. The van der Waals surface area contributed by atoms with Crippen LogP contribution in [0.1, 0.15) is 53.6 Å². The van der Waals surface area contributed by atoms with Crippen LogP contribution in [0.5, 0.6) is 0 Å². The minimum absolute atomic E-state index is 0.318. The molecular formula is C20H26N6O2. The summed E-state index contributed by atoms with van der Waals surface area (Å²) in [6.07, 6.45) is 2.08. The predicted molar refractivity (Wildman–Crippen MR) is 106 cm³/mol. The first kappa shape index (κ1) is 18.8. The molecule has 8 heteroatoms. The molecule has 2 atom stereocenters. The number of benzene rings is 1. The number of anilines is 2. The van der Waals surface area contributed by atoms with Crippen molar-refractivity contribution in [2.24, 2.45) is 0 Å². The number of carbonyl (C=O) groups excluding carboxylic acids is 1. The van der Waals surface area contributed by atoms with E-state index in [-0.39, 0.29) is 5.97 Å². The highest BCUT2D eigenvalue weighted by Gasteiger charge is 2.25. The van der Waals surface area contributed by atoms with Crippen molar-refractivity contribution in [2.45, 2.75) is 31.6 Å². The van der Waals surface area contributed by atoms with Gasteiger partial charge >= 0.3 is 5.97 Å². The Bertz CT molecular complexity index is 780. The number of hydrogen-bond acceptors (Lipinski definition) is 8. The molecule has 0 spiro atoms. The second kappa shape index (κ2) is 8.62. The van der Waals surface area contributed by atoms with Crippen molar-refractivity contribution in [1.29, 1.82) is 0 Å². The molecule has 0 saturated carbocycles. The normalized spacial score (nSPS) is 21.6. The molecule has 2 fully saturated rings. The summed E-state index contributed by atoms with van der Waals surface area (Å²) in [5.41, 5.74) is 1.35. The Morgan fingerprint density at radius 1 is 1.04 bits per heavy atom. The van der Waals surface area contributed by atoms with Crippen LogP contribution in [0.25, 0.3) is 0 Å². The molecule has 0 aliphatic carbocycles. The summed E-state index contributed by atoms with van der Waals surface area (Å²) in [6, 6.07) is 7.16. The van der Waals surface area contributed by atoms with Crippen molar-refractivity contribution in [2.75, 3.05) is 38.1 Å². The van der Waals surface area contributed by atoms with E-state index in [1.54, 1.807) is 19.1 Å². The molecule has 1 aromatic heterocycles. The number of rotatable bonds is 6. The van der Waals surface area contributed by atoms with Gasteiger partial charge in [-0.05, 0) is 57.1 Å². The molecule has 28 heavy (non-hydrogen) atoms. The molecule has 2 aliphatic rings. The van der Waals surface area contributed by atoms with Crippen molar-refractivity contribution in [3.05, 3.63) is 41.5 Å². The topological polar surface area (TPSA) is 101 Å². The van der Waals surface area contributed by atoms with Gasteiger partial charge in [-0.2, -0.15) is 9.97 Å². The van der Waals surface area contributed by atoms with Crippen molar-refractivity contribution >= 4 is 17.6 Å². The highest BCUT2D eigenvalue weighted by Crippen LogP contribution is 2.25. The van der Waals surface area contributed by atoms with E-state index in [2.05, 4.69) is 25.9 Å². The van der Waals surface area contributed by atoms with Gasteiger partial charge < -0.3 is 20.7 Å². The number of esters is 1. The summed E-state index contributed by atoms with van der Waals surface area (Å²) in [6.45, 7) is 5.95. The Labute approximate surface area is 164 Å². The van der Waals surface area contributed by atoms with Crippen LogP contribution in [0, 0.1) is 0 Å². The molecule has 0 bridgehead atoms. The molecule has 2 aliphatic heterocycles. The highest BCUT2D eigenvalue weighted by molar-refractivity contribution is 5.89.